The van der Waals surface area contributed by atoms with E-state index in [-0.39, 0.29) is 12.0 Å². The van der Waals surface area contributed by atoms with Crippen molar-refractivity contribution in [2.24, 2.45) is 5.92 Å². The molecule has 0 bridgehead atoms. The van der Waals surface area contributed by atoms with Crippen LogP contribution in [0.5, 0.6) is 5.75 Å². The summed E-state index contributed by atoms with van der Waals surface area (Å²) in [6, 6.07) is 6.58. The fourth-order valence-corrected chi connectivity index (χ4v) is 4.85. The fourth-order valence-electron chi connectivity index (χ4n) is 4.85. The Hall–Kier alpha value is -2.27. The number of likely N-dealkylation sites (tertiary alicyclic amines) is 1. The first-order valence-electron chi connectivity index (χ1n) is 11.0. The SMILES string of the molecule is O=C(C1CCOCC1)N1CC[C@H](Oc2ccc3c(c2)CCN(C2=CC=C2)CC3)C1. The summed E-state index contributed by atoms with van der Waals surface area (Å²) < 4.78 is 11.7. The van der Waals surface area contributed by atoms with Crippen molar-refractivity contribution < 1.29 is 14.3 Å². The van der Waals surface area contributed by atoms with Gasteiger partial charge in [-0.3, -0.25) is 4.79 Å². The van der Waals surface area contributed by atoms with Crippen LogP contribution in [-0.4, -0.2) is 61.2 Å². The van der Waals surface area contributed by atoms with E-state index in [1.54, 1.807) is 0 Å². The number of ether oxygens (including phenoxy) is 2. The Balaban J connectivity index is 1.18. The molecule has 2 saturated heterocycles. The standard InChI is InChI=1S/C24H30N2O3/c27-24(19-9-14-28-15-10-19)26-13-8-23(17-26)29-22-5-4-18-6-11-25(21-2-1-3-21)12-7-20(18)16-22/h1-5,16,19,23H,6-15,17H2/t23-/m0/s1. The van der Waals surface area contributed by atoms with Crippen LogP contribution < -0.4 is 4.74 Å². The lowest BCUT2D eigenvalue weighted by molar-refractivity contribution is -0.137. The van der Waals surface area contributed by atoms with Crippen molar-refractivity contribution >= 4 is 5.91 Å². The number of carbonyl (C=O) groups is 1. The summed E-state index contributed by atoms with van der Waals surface area (Å²) in [6.07, 6.45) is 11.4. The molecule has 5 rings (SSSR count). The van der Waals surface area contributed by atoms with Gasteiger partial charge in [-0.2, -0.15) is 0 Å². The maximum atomic E-state index is 12.7. The molecule has 5 nitrogen and oxygen atoms in total. The zero-order chi connectivity index (χ0) is 19.6. The van der Waals surface area contributed by atoms with E-state index in [2.05, 4.69) is 41.3 Å². The molecular formula is C24H30N2O3. The summed E-state index contributed by atoms with van der Waals surface area (Å²) in [5, 5.41) is 0. The second-order valence-electron chi connectivity index (χ2n) is 8.57. The molecule has 1 aliphatic carbocycles. The third-order valence-corrected chi connectivity index (χ3v) is 6.71. The summed E-state index contributed by atoms with van der Waals surface area (Å²) in [4.78, 5) is 17.2. The quantitative estimate of drug-likeness (QED) is 0.788. The van der Waals surface area contributed by atoms with Crippen molar-refractivity contribution in [3.8, 4) is 5.75 Å². The van der Waals surface area contributed by atoms with Crippen molar-refractivity contribution in [3.63, 3.8) is 0 Å². The van der Waals surface area contributed by atoms with Crippen LogP contribution in [0.4, 0.5) is 0 Å². The number of allylic oxidation sites excluding steroid dienone is 3. The van der Waals surface area contributed by atoms with Gasteiger partial charge < -0.3 is 19.3 Å². The largest absolute Gasteiger partial charge is 0.489 e. The highest BCUT2D eigenvalue weighted by molar-refractivity contribution is 5.79. The summed E-state index contributed by atoms with van der Waals surface area (Å²) >= 11 is 0. The number of hydrogen-bond donors (Lipinski definition) is 0. The van der Waals surface area contributed by atoms with Crippen LogP contribution in [0, 0.1) is 5.92 Å². The van der Waals surface area contributed by atoms with E-state index in [1.807, 2.05) is 4.90 Å². The van der Waals surface area contributed by atoms with Gasteiger partial charge in [0.05, 0.1) is 6.54 Å². The van der Waals surface area contributed by atoms with E-state index in [0.29, 0.717) is 25.7 Å². The Labute approximate surface area is 173 Å². The zero-order valence-electron chi connectivity index (χ0n) is 17.0. The molecule has 0 saturated carbocycles. The van der Waals surface area contributed by atoms with Gasteiger partial charge in [-0.15, -0.1) is 0 Å². The van der Waals surface area contributed by atoms with E-state index >= 15 is 0 Å². The van der Waals surface area contributed by atoms with Crippen molar-refractivity contribution in [3.05, 3.63) is 53.3 Å². The summed E-state index contributed by atoms with van der Waals surface area (Å²) in [6.45, 7) is 5.08. The predicted octanol–water partition coefficient (Wildman–Crippen LogP) is 2.95. The predicted molar refractivity (Wildman–Crippen MR) is 112 cm³/mol. The van der Waals surface area contributed by atoms with E-state index in [9.17, 15) is 4.79 Å². The van der Waals surface area contributed by atoms with Gasteiger partial charge in [0.15, 0.2) is 0 Å². The van der Waals surface area contributed by atoms with Gasteiger partial charge in [-0.05, 0) is 61.1 Å². The summed E-state index contributed by atoms with van der Waals surface area (Å²) in [7, 11) is 0. The van der Waals surface area contributed by atoms with Gasteiger partial charge in [0.2, 0.25) is 5.91 Å². The van der Waals surface area contributed by atoms with E-state index < -0.39 is 0 Å². The topological polar surface area (TPSA) is 42.0 Å². The molecule has 0 unspecified atom stereocenters. The molecule has 1 aromatic rings. The number of nitrogens with zero attached hydrogens (tertiary/aromatic N) is 2. The monoisotopic (exact) mass is 394 g/mol. The summed E-state index contributed by atoms with van der Waals surface area (Å²) in [5.74, 6) is 1.38. The number of rotatable bonds is 4. The molecule has 0 N–H and O–H groups in total. The Kier molecular flexibility index (Phi) is 5.32. The average Bonchev–Trinajstić information content (AvgIpc) is 3.08. The van der Waals surface area contributed by atoms with Crippen LogP contribution in [0.2, 0.25) is 0 Å². The minimum atomic E-state index is 0.101. The number of benzene rings is 1. The lowest BCUT2D eigenvalue weighted by atomic mass is 9.99. The molecule has 2 fully saturated rings. The lowest BCUT2D eigenvalue weighted by Crippen LogP contribution is -2.38. The molecule has 1 aromatic carbocycles. The minimum absolute atomic E-state index is 0.101. The van der Waals surface area contributed by atoms with Gasteiger partial charge >= 0.3 is 0 Å². The van der Waals surface area contributed by atoms with Crippen LogP contribution in [0.25, 0.3) is 0 Å². The zero-order valence-corrected chi connectivity index (χ0v) is 17.0. The number of carbonyl (C=O) groups excluding carboxylic acids is 1. The van der Waals surface area contributed by atoms with Crippen LogP contribution in [0.1, 0.15) is 30.4 Å². The smallest absolute Gasteiger partial charge is 0.225 e. The van der Waals surface area contributed by atoms with Gasteiger partial charge in [0.1, 0.15) is 11.9 Å². The minimum Gasteiger partial charge on any atom is -0.489 e. The van der Waals surface area contributed by atoms with Crippen molar-refractivity contribution in [2.75, 3.05) is 39.4 Å². The second kappa shape index (κ2) is 8.23. The number of hydrogen-bond acceptors (Lipinski definition) is 4. The van der Waals surface area contributed by atoms with E-state index in [1.165, 1.54) is 16.8 Å². The first-order chi connectivity index (χ1) is 14.3. The average molecular weight is 395 g/mol. The highest BCUT2D eigenvalue weighted by Gasteiger charge is 2.32. The molecule has 0 spiro atoms. The van der Waals surface area contributed by atoms with Gasteiger partial charge in [-0.1, -0.05) is 12.1 Å². The Morgan fingerprint density at radius 3 is 2.59 bits per heavy atom. The van der Waals surface area contributed by atoms with Crippen molar-refractivity contribution in [1.82, 2.24) is 9.80 Å². The van der Waals surface area contributed by atoms with Gasteiger partial charge in [-0.25, -0.2) is 0 Å². The third-order valence-electron chi connectivity index (χ3n) is 6.71. The second-order valence-corrected chi connectivity index (χ2v) is 8.57. The molecule has 29 heavy (non-hydrogen) atoms. The molecule has 4 aliphatic rings. The molecular weight excluding hydrogens is 364 g/mol. The van der Waals surface area contributed by atoms with Crippen LogP contribution >= 0.6 is 0 Å². The number of fused-ring (bicyclic) bond motifs is 1. The lowest BCUT2D eigenvalue weighted by Gasteiger charge is -2.26. The number of amides is 1. The van der Waals surface area contributed by atoms with Crippen molar-refractivity contribution in [2.45, 2.75) is 38.2 Å². The van der Waals surface area contributed by atoms with Crippen LogP contribution in [-0.2, 0) is 22.4 Å². The molecule has 5 heteroatoms. The Morgan fingerprint density at radius 2 is 1.83 bits per heavy atom. The molecule has 3 heterocycles. The first kappa shape index (κ1) is 18.7. The third kappa shape index (κ3) is 4.06. The molecule has 154 valence electrons. The first-order valence-corrected chi connectivity index (χ1v) is 11.0. The van der Waals surface area contributed by atoms with E-state index in [4.69, 9.17) is 9.47 Å². The summed E-state index contributed by atoms with van der Waals surface area (Å²) in [5.41, 5.74) is 4.20. The van der Waals surface area contributed by atoms with Crippen LogP contribution in [0.15, 0.2) is 42.1 Å². The molecule has 1 amide bonds. The molecule has 1 atom stereocenters. The highest BCUT2D eigenvalue weighted by atomic mass is 16.5. The maximum absolute atomic E-state index is 12.7. The normalized spacial score (nSPS) is 24.6. The fraction of sp³-hybridized carbons (Fsp3) is 0.542. The molecule has 3 aliphatic heterocycles. The van der Waals surface area contributed by atoms with Crippen LogP contribution in [0.3, 0.4) is 0 Å². The van der Waals surface area contributed by atoms with Gasteiger partial charge in [0.25, 0.3) is 0 Å². The van der Waals surface area contributed by atoms with E-state index in [0.717, 1.165) is 57.5 Å². The molecule has 0 aromatic heterocycles. The Bertz CT molecular complexity index is 825. The molecule has 0 radical (unpaired) electrons. The Morgan fingerprint density at radius 1 is 1.03 bits per heavy atom. The van der Waals surface area contributed by atoms with Crippen molar-refractivity contribution in [1.29, 1.82) is 0 Å². The maximum Gasteiger partial charge on any atom is 0.225 e. The van der Waals surface area contributed by atoms with Gasteiger partial charge in [0, 0.05) is 50.9 Å². The highest BCUT2D eigenvalue weighted by Crippen LogP contribution is 2.27.